The molecular weight excluding hydrogens is 258 g/mol. The molecule has 1 N–H and O–H groups in total. The lowest BCUT2D eigenvalue weighted by Crippen LogP contribution is -2.24. The maximum atomic E-state index is 11.9. The van der Waals surface area contributed by atoms with Gasteiger partial charge in [-0.05, 0) is 19.1 Å². The van der Waals surface area contributed by atoms with Crippen molar-refractivity contribution in [2.75, 3.05) is 17.6 Å². The number of thioether (sulfide) groups is 1. The predicted octanol–water partition coefficient (Wildman–Crippen LogP) is 2.47. The maximum absolute atomic E-state index is 11.9. The number of rotatable bonds is 6. The predicted molar refractivity (Wildman–Crippen MR) is 79.8 cm³/mol. The first-order chi connectivity index (χ1) is 9.31. The molecule has 0 aliphatic carbocycles. The molecule has 0 fully saturated rings. The Labute approximate surface area is 116 Å². The molecule has 0 spiro atoms. The fourth-order valence-electron chi connectivity index (χ4n) is 1.67. The third-order valence-corrected chi connectivity index (χ3v) is 3.67. The molecule has 0 saturated carbocycles. The number of aromatic nitrogens is 2. The molecule has 0 aliphatic rings. The van der Waals surface area contributed by atoms with E-state index in [4.69, 9.17) is 0 Å². The molecular formula is C14H17N3OS. The van der Waals surface area contributed by atoms with Crippen molar-refractivity contribution in [3.63, 3.8) is 0 Å². The number of benzene rings is 1. The Morgan fingerprint density at radius 2 is 2.11 bits per heavy atom. The van der Waals surface area contributed by atoms with Gasteiger partial charge in [0, 0.05) is 36.1 Å². The average Bonchev–Trinajstić information content (AvgIpc) is 2.46. The Kier molecular flexibility index (Phi) is 5.03. The molecule has 0 radical (unpaired) electrons. The third-order valence-electron chi connectivity index (χ3n) is 2.66. The van der Waals surface area contributed by atoms with Crippen LogP contribution in [0.2, 0.25) is 0 Å². The van der Waals surface area contributed by atoms with E-state index in [2.05, 4.69) is 22.4 Å². The van der Waals surface area contributed by atoms with E-state index in [9.17, 15) is 4.79 Å². The third kappa shape index (κ3) is 3.86. The Morgan fingerprint density at radius 1 is 1.32 bits per heavy atom. The van der Waals surface area contributed by atoms with Gasteiger partial charge in [-0.15, -0.1) is 11.8 Å². The van der Waals surface area contributed by atoms with Crippen LogP contribution in [-0.4, -0.2) is 21.8 Å². The number of hydrogen-bond acceptors (Lipinski definition) is 4. The van der Waals surface area contributed by atoms with Gasteiger partial charge < -0.3 is 9.88 Å². The van der Waals surface area contributed by atoms with Gasteiger partial charge in [0.15, 0.2) is 5.82 Å². The van der Waals surface area contributed by atoms with Gasteiger partial charge in [-0.25, -0.2) is 4.98 Å². The van der Waals surface area contributed by atoms with Crippen molar-refractivity contribution in [1.82, 2.24) is 9.55 Å². The van der Waals surface area contributed by atoms with Crippen LogP contribution in [0.5, 0.6) is 0 Å². The normalized spacial score (nSPS) is 10.4. The van der Waals surface area contributed by atoms with E-state index in [0.29, 0.717) is 12.4 Å². The number of nitrogens with zero attached hydrogens (tertiary/aromatic N) is 2. The molecule has 0 amide bonds. The average molecular weight is 275 g/mol. The van der Waals surface area contributed by atoms with Crippen molar-refractivity contribution >= 4 is 17.6 Å². The van der Waals surface area contributed by atoms with Crippen molar-refractivity contribution < 1.29 is 0 Å². The van der Waals surface area contributed by atoms with Crippen LogP contribution in [0.3, 0.4) is 0 Å². The first-order valence-corrected chi connectivity index (χ1v) is 7.27. The van der Waals surface area contributed by atoms with Crippen LogP contribution in [0.15, 0.2) is 52.4 Å². The van der Waals surface area contributed by atoms with Crippen LogP contribution in [0.25, 0.3) is 0 Å². The van der Waals surface area contributed by atoms with Crippen molar-refractivity contribution in [3.05, 3.63) is 53.1 Å². The van der Waals surface area contributed by atoms with Gasteiger partial charge in [-0.3, -0.25) is 4.79 Å². The minimum Gasteiger partial charge on any atom is -0.365 e. The zero-order valence-electron chi connectivity index (χ0n) is 10.9. The van der Waals surface area contributed by atoms with Gasteiger partial charge in [0.25, 0.3) is 5.56 Å². The van der Waals surface area contributed by atoms with Crippen LogP contribution < -0.4 is 10.9 Å². The summed E-state index contributed by atoms with van der Waals surface area (Å²) in [7, 11) is 0. The lowest BCUT2D eigenvalue weighted by Gasteiger charge is -2.07. The number of nitrogens with one attached hydrogen (secondary N) is 1. The van der Waals surface area contributed by atoms with Crippen LogP contribution in [-0.2, 0) is 6.54 Å². The Bertz CT molecular complexity index is 568. The molecule has 0 aliphatic heterocycles. The second-order valence-electron chi connectivity index (χ2n) is 3.96. The van der Waals surface area contributed by atoms with E-state index < -0.39 is 0 Å². The summed E-state index contributed by atoms with van der Waals surface area (Å²) < 4.78 is 1.64. The van der Waals surface area contributed by atoms with Crippen molar-refractivity contribution in [2.45, 2.75) is 18.4 Å². The second-order valence-corrected chi connectivity index (χ2v) is 5.12. The molecule has 100 valence electrons. The molecule has 4 nitrogen and oxygen atoms in total. The molecule has 0 saturated heterocycles. The molecule has 1 heterocycles. The van der Waals surface area contributed by atoms with E-state index in [1.807, 2.05) is 25.1 Å². The highest BCUT2D eigenvalue weighted by atomic mass is 32.2. The summed E-state index contributed by atoms with van der Waals surface area (Å²) in [4.78, 5) is 17.2. The van der Waals surface area contributed by atoms with Gasteiger partial charge in [-0.2, -0.15) is 0 Å². The van der Waals surface area contributed by atoms with Crippen LogP contribution in [0, 0.1) is 0 Å². The maximum Gasteiger partial charge on any atom is 0.293 e. The molecule has 1 aromatic heterocycles. The van der Waals surface area contributed by atoms with Crippen LogP contribution >= 0.6 is 11.8 Å². The van der Waals surface area contributed by atoms with E-state index in [0.717, 1.165) is 12.3 Å². The first-order valence-electron chi connectivity index (χ1n) is 6.28. The molecule has 2 aromatic rings. The summed E-state index contributed by atoms with van der Waals surface area (Å²) in [6.07, 6.45) is 3.35. The quantitative estimate of drug-likeness (QED) is 0.650. The highest BCUT2D eigenvalue weighted by Gasteiger charge is 2.02. The zero-order chi connectivity index (χ0) is 13.5. The Hall–Kier alpha value is -1.75. The molecule has 0 unspecified atom stereocenters. The summed E-state index contributed by atoms with van der Waals surface area (Å²) in [5.74, 6) is 1.32. The fourth-order valence-corrected chi connectivity index (χ4v) is 2.46. The van der Waals surface area contributed by atoms with E-state index in [1.165, 1.54) is 4.90 Å². The topological polar surface area (TPSA) is 46.9 Å². The number of anilines is 1. The van der Waals surface area contributed by atoms with E-state index in [-0.39, 0.29) is 5.56 Å². The highest BCUT2D eigenvalue weighted by molar-refractivity contribution is 7.99. The molecule has 0 atom stereocenters. The monoisotopic (exact) mass is 275 g/mol. The van der Waals surface area contributed by atoms with Gasteiger partial charge in [0.2, 0.25) is 0 Å². The highest BCUT2D eigenvalue weighted by Crippen LogP contribution is 2.16. The minimum absolute atomic E-state index is 0.0605. The smallest absolute Gasteiger partial charge is 0.293 e. The Balaban J connectivity index is 1.85. The first kappa shape index (κ1) is 13.7. The zero-order valence-corrected chi connectivity index (χ0v) is 11.7. The number of hydrogen-bond donors (Lipinski definition) is 1. The second kappa shape index (κ2) is 6.99. The molecule has 0 bridgehead atoms. The van der Waals surface area contributed by atoms with Crippen LogP contribution in [0.1, 0.15) is 6.92 Å². The van der Waals surface area contributed by atoms with Gasteiger partial charge in [0.05, 0.1) is 0 Å². The molecule has 5 heteroatoms. The number of aryl methyl sites for hydroxylation is 1. The van der Waals surface area contributed by atoms with Gasteiger partial charge in [-0.1, -0.05) is 18.2 Å². The summed E-state index contributed by atoms with van der Waals surface area (Å²) in [6.45, 7) is 3.32. The lowest BCUT2D eigenvalue weighted by molar-refractivity contribution is 0.719. The van der Waals surface area contributed by atoms with E-state index in [1.54, 1.807) is 28.7 Å². The van der Waals surface area contributed by atoms with Crippen LogP contribution in [0.4, 0.5) is 5.82 Å². The van der Waals surface area contributed by atoms with Crippen molar-refractivity contribution in [1.29, 1.82) is 0 Å². The summed E-state index contributed by atoms with van der Waals surface area (Å²) in [6, 6.07) is 10.2. The van der Waals surface area contributed by atoms with Crippen molar-refractivity contribution in [2.24, 2.45) is 0 Å². The van der Waals surface area contributed by atoms with Gasteiger partial charge >= 0.3 is 0 Å². The standard InChI is InChI=1S/C14H17N3OS/c1-2-17-10-8-15-13(14(17)18)16-9-11-19-12-6-4-3-5-7-12/h3-8,10H,2,9,11H2,1H3,(H,15,16). The minimum atomic E-state index is -0.0605. The van der Waals surface area contributed by atoms with E-state index >= 15 is 0 Å². The molecule has 1 aromatic carbocycles. The van der Waals surface area contributed by atoms with Gasteiger partial charge in [0.1, 0.15) is 0 Å². The summed E-state index contributed by atoms with van der Waals surface area (Å²) in [5.41, 5.74) is -0.0605. The fraction of sp³-hybridized carbons (Fsp3) is 0.286. The SMILES string of the molecule is CCn1ccnc(NCCSc2ccccc2)c1=O. The largest absolute Gasteiger partial charge is 0.365 e. The lowest BCUT2D eigenvalue weighted by atomic mass is 10.4. The van der Waals surface area contributed by atoms with Crippen molar-refractivity contribution in [3.8, 4) is 0 Å². The summed E-state index contributed by atoms with van der Waals surface area (Å²) in [5, 5.41) is 3.09. The summed E-state index contributed by atoms with van der Waals surface area (Å²) >= 11 is 1.76. The Morgan fingerprint density at radius 3 is 2.84 bits per heavy atom. The molecule has 2 rings (SSSR count). The molecule has 19 heavy (non-hydrogen) atoms.